The molecule has 1 atom stereocenters. The minimum absolute atomic E-state index is 0.704. The third-order valence-electron chi connectivity index (χ3n) is 3.34. The molecule has 0 spiro atoms. The summed E-state index contributed by atoms with van der Waals surface area (Å²) < 4.78 is 3.54. The van der Waals surface area contributed by atoms with E-state index in [1.807, 2.05) is 37.4 Å². The molecule has 3 aromatic rings. The standard InChI is InChI=1S/C15H12Br2N2O/c1-19-14(13(17)8-18-19)15(20)11-3-2-10-7-12(16)5-4-9(10)6-11/h2-8,15,20H,1H3. The second kappa shape index (κ2) is 5.31. The van der Waals surface area contributed by atoms with Crippen LogP contribution in [0.1, 0.15) is 17.4 Å². The van der Waals surface area contributed by atoms with E-state index in [9.17, 15) is 5.11 Å². The lowest BCUT2D eigenvalue weighted by Gasteiger charge is -2.13. The van der Waals surface area contributed by atoms with Gasteiger partial charge in [-0.2, -0.15) is 5.10 Å². The Labute approximate surface area is 133 Å². The lowest BCUT2D eigenvalue weighted by molar-refractivity contribution is 0.209. The van der Waals surface area contributed by atoms with Crippen LogP contribution in [0.3, 0.4) is 0 Å². The second-order valence-corrected chi connectivity index (χ2v) is 6.42. The monoisotopic (exact) mass is 394 g/mol. The number of aryl methyl sites for hydroxylation is 1. The van der Waals surface area contributed by atoms with Crippen molar-refractivity contribution in [1.82, 2.24) is 9.78 Å². The van der Waals surface area contributed by atoms with Crippen LogP contribution < -0.4 is 0 Å². The number of benzene rings is 2. The van der Waals surface area contributed by atoms with Gasteiger partial charge in [0.2, 0.25) is 0 Å². The first-order valence-corrected chi connectivity index (χ1v) is 7.69. The van der Waals surface area contributed by atoms with Crippen molar-refractivity contribution in [2.24, 2.45) is 7.05 Å². The van der Waals surface area contributed by atoms with Crippen LogP contribution in [0.5, 0.6) is 0 Å². The van der Waals surface area contributed by atoms with Crippen LogP contribution in [0, 0.1) is 0 Å². The molecule has 0 amide bonds. The van der Waals surface area contributed by atoms with E-state index in [0.717, 1.165) is 31.0 Å². The van der Waals surface area contributed by atoms with E-state index in [4.69, 9.17) is 0 Å². The highest BCUT2D eigenvalue weighted by Gasteiger charge is 2.18. The highest BCUT2D eigenvalue weighted by atomic mass is 79.9. The zero-order valence-corrected chi connectivity index (χ0v) is 13.9. The minimum atomic E-state index is -0.704. The topological polar surface area (TPSA) is 38.0 Å². The Bertz CT molecular complexity index is 763. The molecule has 2 aromatic carbocycles. The van der Waals surface area contributed by atoms with Crippen molar-refractivity contribution in [3.05, 3.63) is 62.8 Å². The molecule has 0 bridgehead atoms. The summed E-state index contributed by atoms with van der Waals surface area (Å²) >= 11 is 6.89. The van der Waals surface area contributed by atoms with Crippen molar-refractivity contribution in [2.75, 3.05) is 0 Å². The molecule has 20 heavy (non-hydrogen) atoms. The van der Waals surface area contributed by atoms with Crippen LogP contribution in [0.25, 0.3) is 10.8 Å². The van der Waals surface area contributed by atoms with Gasteiger partial charge in [-0.3, -0.25) is 4.68 Å². The fourth-order valence-electron chi connectivity index (χ4n) is 2.29. The van der Waals surface area contributed by atoms with Crippen LogP contribution in [0.15, 0.2) is 51.5 Å². The number of fused-ring (bicyclic) bond motifs is 1. The normalized spacial score (nSPS) is 12.8. The van der Waals surface area contributed by atoms with Gasteiger partial charge in [-0.25, -0.2) is 0 Å². The number of aliphatic hydroxyl groups excluding tert-OH is 1. The molecule has 1 N–H and O–H groups in total. The van der Waals surface area contributed by atoms with Crippen LogP contribution in [-0.2, 0) is 7.05 Å². The minimum Gasteiger partial charge on any atom is -0.382 e. The number of hydrogen-bond donors (Lipinski definition) is 1. The van der Waals surface area contributed by atoms with Gasteiger partial charge in [0, 0.05) is 11.5 Å². The highest BCUT2D eigenvalue weighted by molar-refractivity contribution is 9.10. The SMILES string of the molecule is Cn1ncc(Br)c1C(O)c1ccc2cc(Br)ccc2c1. The lowest BCUT2D eigenvalue weighted by atomic mass is 10.0. The largest absolute Gasteiger partial charge is 0.382 e. The molecule has 0 radical (unpaired) electrons. The number of aromatic nitrogens is 2. The van der Waals surface area contributed by atoms with Gasteiger partial charge in [0.25, 0.3) is 0 Å². The number of nitrogens with zero attached hydrogens (tertiary/aromatic N) is 2. The van der Waals surface area contributed by atoms with Gasteiger partial charge in [-0.1, -0.05) is 34.1 Å². The van der Waals surface area contributed by atoms with Gasteiger partial charge in [-0.15, -0.1) is 0 Å². The zero-order chi connectivity index (χ0) is 14.3. The van der Waals surface area contributed by atoms with Gasteiger partial charge in [0.05, 0.1) is 16.4 Å². The number of aliphatic hydroxyl groups is 1. The van der Waals surface area contributed by atoms with Crippen LogP contribution in [0.4, 0.5) is 0 Å². The summed E-state index contributed by atoms with van der Waals surface area (Å²) in [6.07, 6.45) is 0.987. The Morgan fingerprint density at radius 1 is 1.10 bits per heavy atom. The molecule has 3 rings (SSSR count). The van der Waals surface area contributed by atoms with Gasteiger partial charge >= 0.3 is 0 Å². The molecule has 0 aliphatic carbocycles. The average Bonchev–Trinajstić information content (AvgIpc) is 2.77. The van der Waals surface area contributed by atoms with E-state index < -0.39 is 6.10 Å². The number of halogens is 2. The van der Waals surface area contributed by atoms with Crippen molar-refractivity contribution in [2.45, 2.75) is 6.10 Å². The van der Waals surface area contributed by atoms with Crippen molar-refractivity contribution < 1.29 is 5.11 Å². The predicted octanol–water partition coefficient (Wildman–Crippen LogP) is 4.18. The second-order valence-electron chi connectivity index (χ2n) is 4.65. The Hall–Kier alpha value is -1.17. The lowest BCUT2D eigenvalue weighted by Crippen LogP contribution is -2.07. The summed E-state index contributed by atoms with van der Waals surface area (Å²) in [6, 6.07) is 12.1. The predicted molar refractivity (Wildman–Crippen MR) is 86.6 cm³/mol. The molecule has 0 saturated heterocycles. The number of hydrogen-bond acceptors (Lipinski definition) is 2. The molecule has 1 heterocycles. The smallest absolute Gasteiger partial charge is 0.122 e. The molecule has 0 fully saturated rings. The molecular formula is C15H12Br2N2O. The molecule has 0 aliphatic heterocycles. The van der Waals surface area contributed by atoms with E-state index in [1.165, 1.54) is 0 Å². The summed E-state index contributed by atoms with van der Waals surface area (Å²) in [7, 11) is 1.82. The first-order valence-electron chi connectivity index (χ1n) is 6.11. The maximum atomic E-state index is 10.6. The first kappa shape index (κ1) is 13.8. The van der Waals surface area contributed by atoms with E-state index in [0.29, 0.717) is 0 Å². The van der Waals surface area contributed by atoms with Gasteiger partial charge in [0.1, 0.15) is 6.10 Å². The van der Waals surface area contributed by atoms with Crippen LogP contribution >= 0.6 is 31.9 Å². The van der Waals surface area contributed by atoms with Gasteiger partial charge in [0.15, 0.2) is 0 Å². The maximum Gasteiger partial charge on any atom is 0.122 e. The molecule has 1 unspecified atom stereocenters. The third-order valence-corrected chi connectivity index (χ3v) is 4.44. The summed E-state index contributed by atoms with van der Waals surface area (Å²) in [5, 5.41) is 16.9. The molecule has 102 valence electrons. The number of rotatable bonds is 2. The Kier molecular flexibility index (Phi) is 3.67. The van der Waals surface area contributed by atoms with Crippen molar-refractivity contribution in [3.8, 4) is 0 Å². The van der Waals surface area contributed by atoms with E-state index >= 15 is 0 Å². The summed E-state index contributed by atoms with van der Waals surface area (Å²) in [6.45, 7) is 0. The van der Waals surface area contributed by atoms with E-state index in [-0.39, 0.29) is 0 Å². The Balaban J connectivity index is 2.08. The quantitative estimate of drug-likeness (QED) is 0.706. The molecule has 1 aromatic heterocycles. The third kappa shape index (κ3) is 2.41. The van der Waals surface area contributed by atoms with Gasteiger partial charge in [-0.05, 0) is 50.5 Å². The Morgan fingerprint density at radius 3 is 2.50 bits per heavy atom. The highest BCUT2D eigenvalue weighted by Crippen LogP contribution is 2.30. The molecule has 5 heteroatoms. The molecule has 0 aliphatic rings. The molecule has 3 nitrogen and oxygen atoms in total. The van der Waals surface area contributed by atoms with Crippen LogP contribution in [0.2, 0.25) is 0 Å². The molecular weight excluding hydrogens is 384 g/mol. The molecule has 0 saturated carbocycles. The van der Waals surface area contributed by atoms with E-state index in [1.54, 1.807) is 10.9 Å². The summed E-state index contributed by atoms with van der Waals surface area (Å²) in [5.41, 5.74) is 1.60. The summed E-state index contributed by atoms with van der Waals surface area (Å²) in [5.74, 6) is 0. The fourth-order valence-corrected chi connectivity index (χ4v) is 3.23. The van der Waals surface area contributed by atoms with E-state index in [2.05, 4.69) is 43.0 Å². The maximum absolute atomic E-state index is 10.6. The fraction of sp³-hybridized carbons (Fsp3) is 0.133. The summed E-state index contributed by atoms with van der Waals surface area (Å²) in [4.78, 5) is 0. The van der Waals surface area contributed by atoms with Gasteiger partial charge < -0.3 is 5.11 Å². The average molecular weight is 396 g/mol. The van der Waals surface area contributed by atoms with Crippen molar-refractivity contribution in [1.29, 1.82) is 0 Å². The van der Waals surface area contributed by atoms with Crippen molar-refractivity contribution >= 4 is 42.6 Å². The van der Waals surface area contributed by atoms with Crippen LogP contribution in [-0.4, -0.2) is 14.9 Å². The zero-order valence-electron chi connectivity index (χ0n) is 10.7. The Morgan fingerprint density at radius 2 is 1.80 bits per heavy atom. The first-order chi connectivity index (χ1) is 9.56. The van der Waals surface area contributed by atoms with Crippen molar-refractivity contribution in [3.63, 3.8) is 0 Å².